The van der Waals surface area contributed by atoms with Crippen LogP contribution in [0.5, 0.6) is 0 Å². The summed E-state index contributed by atoms with van der Waals surface area (Å²) < 4.78 is 10.3. The highest BCUT2D eigenvalue weighted by Gasteiger charge is 2.43. The topological polar surface area (TPSA) is 125 Å². The van der Waals surface area contributed by atoms with E-state index in [1.807, 2.05) is 0 Å². The van der Waals surface area contributed by atoms with Crippen molar-refractivity contribution in [1.82, 2.24) is 0 Å². The first-order valence-electron chi connectivity index (χ1n) is 5.24. The molecule has 1 heterocycles. The maximum atomic E-state index is 9.56. The van der Waals surface area contributed by atoms with Crippen LogP contribution < -0.4 is 5.73 Å². The molecule has 1 fully saturated rings. The Morgan fingerprint density at radius 1 is 1.12 bits per heavy atom. The molecule has 0 bridgehead atoms. The quantitative estimate of drug-likeness (QED) is 0.348. The largest absolute Gasteiger partial charge is 0.396 e. The molecule has 1 saturated heterocycles. The van der Waals surface area contributed by atoms with Gasteiger partial charge in [-0.05, 0) is 6.42 Å². The Balaban J connectivity index is 2.57. The molecule has 7 nitrogen and oxygen atoms in total. The number of hydrogen-bond donors (Lipinski definition) is 5. The van der Waals surface area contributed by atoms with Crippen molar-refractivity contribution in [2.75, 3.05) is 19.8 Å². The summed E-state index contributed by atoms with van der Waals surface area (Å²) in [4.78, 5) is 0. The summed E-state index contributed by atoms with van der Waals surface area (Å²) in [5, 5.41) is 37.4. The van der Waals surface area contributed by atoms with Gasteiger partial charge in [-0.25, -0.2) is 0 Å². The minimum atomic E-state index is -1.35. The molecule has 0 amide bonds. The van der Waals surface area contributed by atoms with E-state index < -0.39 is 30.7 Å². The zero-order valence-corrected chi connectivity index (χ0v) is 8.90. The van der Waals surface area contributed by atoms with Gasteiger partial charge in [-0.1, -0.05) is 0 Å². The van der Waals surface area contributed by atoms with E-state index in [0.717, 1.165) is 0 Å². The van der Waals surface area contributed by atoms with Gasteiger partial charge >= 0.3 is 0 Å². The van der Waals surface area contributed by atoms with Gasteiger partial charge in [0.05, 0.1) is 12.7 Å². The number of rotatable bonds is 5. The first kappa shape index (κ1) is 13.8. The molecule has 0 aliphatic carbocycles. The molecule has 1 aliphatic rings. The summed E-state index contributed by atoms with van der Waals surface area (Å²) in [6.45, 7) is 0.250. The van der Waals surface area contributed by atoms with Gasteiger partial charge in [0.25, 0.3) is 0 Å². The lowest BCUT2D eigenvalue weighted by Crippen LogP contribution is -2.58. The Bertz CT molecular complexity index is 202. The van der Waals surface area contributed by atoms with Gasteiger partial charge in [-0.2, -0.15) is 0 Å². The summed E-state index contributed by atoms with van der Waals surface area (Å²) in [7, 11) is 0. The van der Waals surface area contributed by atoms with Crippen LogP contribution in [0, 0.1) is 0 Å². The molecular formula is C9H19NO6. The predicted octanol–water partition coefficient (Wildman–Crippen LogP) is -2.85. The highest BCUT2D eigenvalue weighted by atomic mass is 16.7. The molecule has 0 aromatic carbocycles. The number of nitrogens with two attached hydrogens (primary N) is 1. The van der Waals surface area contributed by atoms with Crippen LogP contribution in [0.1, 0.15) is 6.42 Å². The third-order valence-electron chi connectivity index (χ3n) is 2.48. The highest BCUT2D eigenvalue weighted by Crippen LogP contribution is 2.23. The van der Waals surface area contributed by atoms with E-state index in [1.165, 1.54) is 0 Å². The summed E-state index contributed by atoms with van der Waals surface area (Å²) in [6, 6.07) is 0. The SMILES string of the molecule is NCCO[C@H]1O[C@H](CCO)[C@@H](O)[C@H](O)[C@@H]1O. The van der Waals surface area contributed by atoms with E-state index in [0.29, 0.717) is 0 Å². The predicted molar refractivity (Wildman–Crippen MR) is 53.4 cm³/mol. The van der Waals surface area contributed by atoms with Crippen molar-refractivity contribution in [3.05, 3.63) is 0 Å². The van der Waals surface area contributed by atoms with Gasteiger partial charge in [-0.15, -0.1) is 0 Å². The van der Waals surface area contributed by atoms with Crippen LogP contribution in [0.4, 0.5) is 0 Å². The molecule has 1 aliphatic heterocycles. The van der Waals surface area contributed by atoms with Crippen LogP contribution in [-0.4, -0.2) is 70.9 Å². The average molecular weight is 237 g/mol. The van der Waals surface area contributed by atoms with E-state index in [-0.39, 0.29) is 26.2 Å². The molecule has 0 saturated carbocycles. The summed E-state index contributed by atoms with van der Waals surface area (Å²) in [6.07, 6.45) is -5.54. The first-order valence-corrected chi connectivity index (χ1v) is 5.24. The van der Waals surface area contributed by atoms with Crippen LogP contribution >= 0.6 is 0 Å². The average Bonchev–Trinajstić information content (AvgIpc) is 2.28. The van der Waals surface area contributed by atoms with Crippen molar-refractivity contribution in [3.8, 4) is 0 Å². The summed E-state index contributed by atoms with van der Waals surface area (Å²) in [5.74, 6) is 0. The van der Waals surface area contributed by atoms with E-state index in [4.69, 9.17) is 20.3 Å². The van der Waals surface area contributed by atoms with Crippen LogP contribution in [0.25, 0.3) is 0 Å². The molecule has 16 heavy (non-hydrogen) atoms. The highest BCUT2D eigenvalue weighted by molar-refractivity contribution is 4.88. The molecule has 6 N–H and O–H groups in total. The molecular weight excluding hydrogens is 218 g/mol. The van der Waals surface area contributed by atoms with Gasteiger partial charge in [-0.3, -0.25) is 0 Å². The molecule has 5 atom stereocenters. The first-order chi connectivity index (χ1) is 7.61. The van der Waals surface area contributed by atoms with Crippen molar-refractivity contribution in [3.63, 3.8) is 0 Å². The fourth-order valence-electron chi connectivity index (χ4n) is 1.60. The molecule has 0 unspecified atom stereocenters. The Morgan fingerprint density at radius 2 is 1.81 bits per heavy atom. The second kappa shape index (κ2) is 6.45. The smallest absolute Gasteiger partial charge is 0.186 e. The van der Waals surface area contributed by atoms with E-state index in [2.05, 4.69) is 0 Å². The molecule has 0 aromatic rings. The lowest BCUT2D eigenvalue weighted by molar-refractivity contribution is -0.297. The van der Waals surface area contributed by atoms with Crippen molar-refractivity contribution in [1.29, 1.82) is 0 Å². The number of hydrogen-bond acceptors (Lipinski definition) is 7. The van der Waals surface area contributed by atoms with Crippen LogP contribution in [0.2, 0.25) is 0 Å². The van der Waals surface area contributed by atoms with E-state index in [9.17, 15) is 15.3 Å². The Hall–Kier alpha value is -0.280. The number of aliphatic hydroxyl groups excluding tert-OH is 4. The molecule has 7 heteroatoms. The summed E-state index contributed by atoms with van der Waals surface area (Å²) >= 11 is 0. The number of ether oxygens (including phenoxy) is 2. The zero-order valence-electron chi connectivity index (χ0n) is 8.90. The van der Waals surface area contributed by atoms with E-state index in [1.54, 1.807) is 0 Å². The van der Waals surface area contributed by atoms with Crippen LogP contribution in [-0.2, 0) is 9.47 Å². The maximum Gasteiger partial charge on any atom is 0.186 e. The Labute approximate surface area is 93.4 Å². The third-order valence-corrected chi connectivity index (χ3v) is 2.48. The molecule has 0 aromatic heterocycles. The van der Waals surface area contributed by atoms with Gasteiger partial charge in [0.15, 0.2) is 6.29 Å². The third kappa shape index (κ3) is 3.11. The molecule has 96 valence electrons. The van der Waals surface area contributed by atoms with Crippen LogP contribution in [0.15, 0.2) is 0 Å². The van der Waals surface area contributed by atoms with Crippen molar-refractivity contribution >= 4 is 0 Å². The van der Waals surface area contributed by atoms with Crippen molar-refractivity contribution in [2.45, 2.75) is 37.1 Å². The second-order valence-electron chi connectivity index (χ2n) is 3.69. The fraction of sp³-hybridized carbons (Fsp3) is 1.00. The van der Waals surface area contributed by atoms with Gasteiger partial charge in [0, 0.05) is 13.2 Å². The van der Waals surface area contributed by atoms with Gasteiger partial charge < -0.3 is 35.6 Å². The fourth-order valence-corrected chi connectivity index (χ4v) is 1.60. The second-order valence-corrected chi connectivity index (χ2v) is 3.69. The van der Waals surface area contributed by atoms with Crippen molar-refractivity contribution in [2.24, 2.45) is 5.73 Å². The lowest BCUT2D eigenvalue weighted by atomic mass is 9.97. The minimum absolute atomic E-state index is 0.160. The normalized spacial score (nSPS) is 39.9. The standard InChI is InChI=1S/C9H19NO6/c10-2-4-15-9-8(14)7(13)6(12)5(16-9)1-3-11/h5-9,11-14H,1-4,10H2/t5-,6-,7+,8+,9+/m1/s1. The van der Waals surface area contributed by atoms with Crippen LogP contribution in [0.3, 0.4) is 0 Å². The zero-order chi connectivity index (χ0) is 12.1. The number of aliphatic hydroxyl groups is 4. The van der Waals surface area contributed by atoms with Crippen molar-refractivity contribution < 1.29 is 29.9 Å². The monoisotopic (exact) mass is 237 g/mol. The Morgan fingerprint density at radius 3 is 2.38 bits per heavy atom. The maximum absolute atomic E-state index is 9.56. The van der Waals surface area contributed by atoms with Gasteiger partial charge in [0.2, 0.25) is 0 Å². The molecule has 0 radical (unpaired) electrons. The molecule has 0 spiro atoms. The summed E-state index contributed by atoms with van der Waals surface area (Å²) in [5.41, 5.74) is 5.23. The minimum Gasteiger partial charge on any atom is -0.396 e. The molecule has 1 rings (SSSR count). The lowest BCUT2D eigenvalue weighted by Gasteiger charge is -2.40. The van der Waals surface area contributed by atoms with E-state index >= 15 is 0 Å². The van der Waals surface area contributed by atoms with Gasteiger partial charge in [0.1, 0.15) is 18.3 Å². The Kier molecular flexibility index (Phi) is 5.56.